The highest BCUT2D eigenvalue weighted by Crippen LogP contribution is 2.21. The van der Waals surface area contributed by atoms with E-state index in [9.17, 15) is 4.79 Å². The Labute approximate surface area is 145 Å². The van der Waals surface area contributed by atoms with Gasteiger partial charge >= 0.3 is 5.97 Å². The van der Waals surface area contributed by atoms with Gasteiger partial charge in [-0.3, -0.25) is 0 Å². The summed E-state index contributed by atoms with van der Waals surface area (Å²) in [6.07, 6.45) is 0.729. The van der Waals surface area contributed by atoms with Crippen molar-refractivity contribution < 1.29 is 18.7 Å². The number of nitrogens with zero attached hydrogens (tertiary/aromatic N) is 2. The van der Waals surface area contributed by atoms with E-state index in [1.807, 2.05) is 42.5 Å². The fourth-order valence-corrected chi connectivity index (χ4v) is 2.32. The summed E-state index contributed by atoms with van der Waals surface area (Å²) in [6.45, 7) is 1.43. The Balaban J connectivity index is 1.55. The number of aryl methyl sites for hydroxylation is 1. The Morgan fingerprint density at radius 3 is 2.56 bits per heavy atom. The molecule has 0 saturated heterocycles. The van der Waals surface area contributed by atoms with E-state index in [4.69, 9.17) is 13.9 Å². The van der Waals surface area contributed by atoms with Crippen molar-refractivity contribution in [3.8, 4) is 5.75 Å². The molecule has 0 aliphatic rings. The van der Waals surface area contributed by atoms with Gasteiger partial charge in [0.15, 0.2) is 13.2 Å². The maximum atomic E-state index is 11.8. The normalized spacial score (nSPS) is 10.4. The molecular formula is C19H18N2O4. The number of rotatable bonds is 7. The van der Waals surface area contributed by atoms with E-state index in [2.05, 4.69) is 22.3 Å². The third kappa shape index (κ3) is 4.91. The third-order valence-electron chi connectivity index (χ3n) is 3.48. The molecule has 6 heteroatoms. The van der Waals surface area contributed by atoms with Crippen LogP contribution in [0.15, 0.2) is 59.0 Å². The largest absolute Gasteiger partial charge is 0.482 e. The summed E-state index contributed by atoms with van der Waals surface area (Å²) in [6, 6.07) is 17.7. The van der Waals surface area contributed by atoms with Crippen molar-refractivity contribution in [2.45, 2.75) is 20.0 Å². The summed E-state index contributed by atoms with van der Waals surface area (Å²) in [5.41, 5.74) is 2.18. The molecule has 1 heterocycles. The number of hydrogen-bond acceptors (Lipinski definition) is 6. The highest BCUT2D eigenvalue weighted by Gasteiger charge is 2.10. The molecule has 25 heavy (non-hydrogen) atoms. The average Bonchev–Trinajstić information content (AvgIpc) is 3.05. The van der Waals surface area contributed by atoms with E-state index in [1.165, 1.54) is 5.56 Å². The lowest BCUT2D eigenvalue weighted by atomic mass is 10.0. The van der Waals surface area contributed by atoms with Gasteiger partial charge in [0.05, 0.1) is 0 Å². The molecule has 128 valence electrons. The van der Waals surface area contributed by atoms with Gasteiger partial charge in [0, 0.05) is 13.3 Å². The van der Waals surface area contributed by atoms with Crippen molar-refractivity contribution in [1.82, 2.24) is 10.2 Å². The Morgan fingerprint density at radius 2 is 1.80 bits per heavy atom. The number of hydrogen-bond donors (Lipinski definition) is 0. The molecule has 2 aromatic carbocycles. The predicted octanol–water partition coefficient (Wildman–Crippen LogP) is 3.09. The van der Waals surface area contributed by atoms with Crippen LogP contribution >= 0.6 is 0 Å². The van der Waals surface area contributed by atoms with Gasteiger partial charge in [-0.25, -0.2) is 4.79 Å². The van der Waals surface area contributed by atoms with Gasteiger partial charge in [0.2, 0.25) is 5.89 Å². The molecule has 0 saturated carbocycles. The molecule has 3 aromatic rings. The fourth-order valence-electron chi connectivity index (χ4n) is 2.32. The fraction of sp³-hybridized carbons (Fsp3) is 0.211. The first-order chi connectivity index (χ1) is 12.2. The Kier molecular flexibility index (Phi) is 5.41. The molecule has 0 unspecified atom stereocenters. The van der Waals surface area contributed by atoms with Crippen LogP contribution < -0.4 is 4.74 Å². The van der Waals surface area contributed by atoms with E-state index >= 15 is 0 Å². The van der Waals surface area contributed by atoms with Crippen LogP contribution in [0.5, 0.6) is 5.75 Å². The minimum atomic E-state index is -0.495. The first-order valence-electron chi connectivity index (χ1n) is 7.90. The van der Waals surface area contributed by atoms with Crippen LogP contribution in [-0.2, 0) is 22.6 Å². The van der Waals surface area contributed by atoms with Gasteiger partial charge < -0.3 is 13.9 Å². The summed E-state index contributed by atoms with van der Waals surface area (Å²) in [5.74, 6) is 0.856. The lowest BCUT2D eigenvalue weighted by Crippen LogP contribution is -2.15. The van der Waals surface area contributed by atoms with Gasteiger partial charge in [-0.05, 0) is 17.2 Å². The molecule has 0 fully saturated rings. The highest BCUT2D eigenvalue weighted by atomic mass is 16.6. The molecule has 3 rings (SSSR count). The van der Waals surface area contributed by atoms with Crippen molar-refractivity contribution in [3.05, 3.63) is 77.5 Å². The van der Waals surface area contributed by atoms with Crippen LogP contribution in [0.1, 0.15) is 22.9 Å². The molecule has 0 spiro atoms. The average molecular weight is 338 g/mol. The summed E-state index contributed by atoms with van der Waals surface area (Å²) in [4.78, 5) is 11.8. The number of ether oxygens (including phenoxy) is 2. The van der Waals surface area contributed by atoms with Crippen LogP contribution in [0.3, 0.4) is 0 Å². The number of carbonyl (C=O) groups is 1. The number of para-hydroxylation sites is 1. The monoisotopic (exact) mass is 338 g/mol. The zero-order valence-corrected chi connectivity index (χ0v) is 13.8. The maximum Gasteiger partial charge on any atom is 0.344 e. The molecule has 0 amide bonds. The van der Waals surface area contributed by atoms with Crippen LogP contribution in [0.2, 0.25) is 0 Å². The summed E-state index contributed by atoms with van der Waals surface area (Å²) in [5, 5.41) is 7.43. The number of aromatic nitrogens is 2. The SMILES string of the molecule is Cc1nnc(COC(=O)COc2ccccc2Cc2ccccc2)o1. The second-order valence-corrected chi connectivity index (χ2v) is 5.43. The minimum Gasteiger partial charge on any atom is -0.482 e. The van der Waals surface area contributed by atoms with Crippen molar-refractivity contribution in [1.29, 1.82) is 0 Å². The van der Waals surface area contributed by atoms with Crippen LogP contribution in [-0.4, -0.2) is 22.8 Å². The quantitative estimate of drug-likeness (QED) is 0.616. The first kappa shape index (κ1) is 16.7. The molecule has 0 atom stereocenters. The van der Waals surface area contributed by atoms with Gasteiger partial charge in [0.1, 0.15) is 5.75 Å². The van der Waals surface area contributed by atoms with E-state index in [0.29, 0.717) is 11.6 Å². The van der Waals surface area contributed by atoms with Crippen molar-refractivity contribution in [2.24, 2.45) is 0 Å². The summed E-state index contributed by atoms with van der Waals surface area (Å²) < 4.78 is 15.8. The smallest absolute Gasteiger partial charge is 0.344 e. The lowest BCUT2D eigenvalue weighted by Gasteiger charge is -2.11. The van der Waals surface area contributed by atoms with Gasteiger partial charge in [-0.1, -0.05) is 48.5 Å². The topological polar surface area (TPSA) is 74.5 Å². The zero-order valence-electron chi connectivity index (χ0n) is 13.8. The van der Waals surface area contributed by atoms with Crippen LogP contribution in [0.4, 0.5) is 0 Å². The minimum absolute atomic E-state index is 0.0608. The standard InChI is InChI=1S/C19H18N2O4/c1-14-20-21-18(25-14)12-24-19(22)13-23-17-10-6-5-9-16(17)11-15-7-3-2-4-8-15/h2-10H,11-13H2,1H3. The van der Waals surface area contributed by atoms with Gasteiger partial charge in [0.25, 0.3) is 5.89 Å². The highest BCUT2D eigenvalue weighted by molar-refractivity contribution is 5.71. The van der Waals surface area contributed by atoms with Crippen LogP contribution in [0.25, 0.3) is 0 Å². The number of esters is 1. The van der Waals surface area contributed by atoms with Gasteiger partial charge in [-0.2, -0.15) is 0 Å². The Bertz CT molecular complexity index is 830. The van der Waals surface area contributed by atoms with E-state index in [-0.39, 0.29) is 19.1 Å². The summed E-state index contributed by atoms with van der Waals surface area (Å²) in [7, 11) is 0. The van der Waals surface area contributed by atoms with Crippen LogP contribution in [0, 0.1) is 6.92 Å². The van der Waals surface area contributed by atoms with E-state index in [0.717, 1.165) is 12.0 Å². The molecule has 0 aliphatic heterocycles. The van der Waals surface area contributed by atoms with E-state index < -0.39 is 5.97 Å². The first-order valence-corrected chi connectivity index (χ1v) is 7.90. The Hall–Kier alpha value is -3.15. The van der Waals surface area contributed by atoms with Gasteiger partial charge in [-0.15, -0.1) is 10.2 Å². The second kappa shape index (κ2) is 8.10. The Morgan fingerprint density at radius 1 is 1.04 bits per heavy atom. The molecule has 6 nitrogen and oxygen atoms in total. The molecule has 1 aromatic heterocycles. The summed E-state index contributed by atoms with van der Waals surface area (Å²) >= 11 is 0. The molecule has 0 bridgehead atoms. The molecule has 0 radical (unpaired) electrons. The predicted molar refractivity (Wildman–Crippen MR) is 90.0 cm³/mol. The molecular weight excluding hydrogens is 320 g/mol. The molecule has 0 aliphatic carbocycles. The third-order valence-corrected chi connectivity index (χ3v) is 3.48. The maximum absolute atomic E-state index is 11.8. The van der Waals surface area contributed by atoms with E-state index in [1.54, 1.807) is 6.92 Å². The second-order valence-electron chi connectivity index (χ2n) is 5.43. The molecule has 0 N–H and O–H groups in total. The number of benzene rings is 2. The van der Waals surface area contributed by atoms with Crippen molar-refractivity contribution in [3.63, 3.8) is 0 Å². The van der Waals surface area contributed by atoms with Crippen molar-refractivity contribution >= 4 is 5.97 Å². The lowest BCUT2D eigenvalue weighted by molar-refractivity contribution is -0.148. The number of carbonyl (C=O) groups excluding carboxylic acids is 1. The van der Waals surface area contributed by atoms with Crippen molar-refractivity contribution in [2.75, 3.05) is 6.61 Å². The zero-order chi connectivity index (χ0) is 17.5.